The van der Waals surface area contributed by atoms with Crippen molar-refractivity contribution in [1.82, 2.24) is 14.8 Å². The molecule has 0 aliphatic rings. The van der Waals surface area contributed by atoms with Crippen molar-refractivity contribution < 1.29 is 9.00 Å². The van der Waals surface area contributed by atoms with Crippen molar-refractivity contribution >= 4 is 34.0 Å². The number of benzene rings is 2. The van der Waals surface area contributed by atoms with Crippen molar-refractivity contribution in [2.24, 2.45) is 7.05 Å². The first-order valence-electron chi connectivity index (χ1n) is 9.25. The van der Waals surface area contributed by atoms with E-state index >= 15 is 0 Å². The first kappa shape index (κ1) is 21.2. The second kappa shape index (κ2) is 9.33. The molecule has 1 aromatic heterocycles. The first-order valence-corrected chi connectivity index (χ1v) is 10.9. The molecule has 0 radical (unpaired) electrons. The van der Waals surface area contributed by atoms with Gasteiger partial charge in [-0.05, 0) is 43.7 Å². The maximum absolute atomic E-state index is 12.9. The number of rotatable bonds is 7. The zero-order valence-corrected chi connectivity index (χ0v) is 18.2. The highest BCUT2D eigenvalue weighted by Crippen LogP contribution is 2.18. The predicted octanol–water partition coefficient (Wildman–Crippen LogP) is 3.61. The van der Waals surface area contributed by atoms with Gasteiger partial charge in [0.25, 0.3) is 0 Å². The van der Waals surface area contributed by atoms with Gasteiger partial charge in [0.2, 0.25) is 11.1 Å². The van der Waals surface area contributed by atoms with E-state index in [4.69, 9.17) is 11.6 Å². The molecular weight excluding hydrogens is 408 g/mol. The lowest BCUT2D eigenvalue weighted by Gasteiger charge is -2.26. The molecule has 3 aromatic rings. The van der Waals surface area contributed by atoms with Crippen LogP contribution in [0.1, 0.15) is 25.2 Å². The Labute approximate surface area is 178 Å². The summed E-state index contributed by atoms with van der Waals surface area (Å²) in [7, 11) is 0.164. The number of halogens is 1. The highest BCUT2D eigenvalue weighted by Gasteiger charge is 2.24. The fourth-order valence-corrected chi connectivity index (χ4v) is 4.21. The summed E-state index contributed by atoms with van der Waals surface area (Å²) in [5.74, 6) is 0.304. The topological polar surface area (TPSA) is 68.1 Å². The minimum atomic E-state index is -1.60. The Bertz CT molecular complexity index is 1000. The Morgan fingerprint density at radius 2 is 1.76 bits per heavy atom. The summed E-state index contributed by atoms with van der Waals surface area (Å²) < 4.78 is 14.6. The Kier molecular flexibility index (Phi) is 6.82. The molecule has 8 heteroatoms. The monoisotopic (exact) mass is 430 g/mol. The number of anilines is 1. The predicted molar refractivity (Wildman–Crippen MR) is 116 cm³/mol. The number of carbonyl (C=O) groups is 1. The molecule has 0 aliphatic heterocycles. The molecule has 1 heterocycles. The SMILES string of the molecule is CC(C)N(C(=O)C[S@](=O)c1nnc(Cc2ccc(Cl)cc2)n1C)c1ccccc1. The van der Waals surface area contributed by atoms with Crippen LogP contribution < -0.4 is 4.90 Å². The summed E-state index contributed by atoms with van der Waals surface area (Å²) in [5, 5.41) is 9.19. The van der Waals surface area contributed by atoms with Gasteiger partial charge in [-0.15, -0.1) is 10.2 Å². The lowest BCUT2D eigenvalue weighted by atomic mass is 10.1. The summed E-state index contributed by atoms with van der Waals surface area (Å²) in [5.41, 5.74) is 1.80. The van der Waals surface area contributed by atoms with Gasteiger partial charge < -0.3 is 9.47 Å². The van der Waals surface area contributed by atoms with E-state index in [2.05, 4.69) is 10.2 Å². The van der Waals surface area contributed by atoms with Crippen molar-refractivity contribution in [1.29, 1.82) is 0 Å². The van der Waals surface area contributed by atoms with Gasteiger partial charge in [0.05, 0.1) is 0 Å². The maximum Gasteiger partial charge on any atom is 0.240 e. The van der Waals surface area contributed by atoms with E-state index in [-0.39, 0.29) is 17.7 Å². The Morgan fingerprint density at radius 1 is 1.10 bits per heavy atom. The van der Waals surface area contributed by atoms with Gasteiger partial charge >= 0.3 is 0 Å². The third kappa shape index (κ3) is 5.10. The van der Waals surface area contributed by atoms with E-state index < -0.39 is 10.8 Å². The summed E-state index contributed by atoms with van der Waals surface area (Å²) in [6.07, 6.45) is 0.536. The van der Waals surface area contributed by atoms with Crippen LogP contribution in [0.25, 0.3) is 0 Å². The fourth-order valence-electron chi connectivity index (χ4n) is 3.05. The highest BCUT2D eigenvalue weighted by atomic mass is 35.5. The third-order valence-electron chi connectivity index (χ3n) is 4.48. The standard InChI is InChI=1S/C21H23ClN4O2S/c1-15(2)26(18-7-5-4-6-8-18)20(27)14-29(28)21-24-23-19(25(21)3)13-16-9-11-17(22)12-10-16/h4-12,15H,13-14H2,1-3H3/t29-/m0/s1. The largest absolute Gasteiger partial charge is 0.309 e. The smallest absolute Gasteiger partial charge is 0.240 e. The molecule has 152 valence electrons. The van der Waals surface area contributed by atoms with E-state index in [1.165, 1.54) is 0 Å². The Morgan fingerprint density at radius 3 is 2.38 bits per heavy atom. The molecule has 1 amide bonds. The number of hydrogen-bond donors (Lipinski definition) is 0. The van der Waals surface area contributed by atoms with Gasteiger partial charge in [0, 0.05) is 30.2 Å². The van der Waals surface area contributed by atoms with E-state index in [1.807, 2.05) is 68.4 Å². The summed E-state index contributed by atoms with van der Waals surface area (Å²) in [6.45, 7) is 3.86. The number of para-hydroxylation sites is 1. The lowest BCUT2D eigenvalue weighted by molar-refractivity contribution is -0.116. The third-order valence-corrected chi connectivity index (χ3v) is 6.00. The molecule has 0 bridgehead atoms. The highest BCUT2D eigenvalue weighted by molar-refractivity contribution is 7.85. The molecule has 0 aliphatic carbocycles. The van der Waals surface area contributed by atoms with Gasteiger partial charge in [0.1, 0.15) is 22.4 Å². The molecule has 0 fully saturated rings. The summed E-state index contributed by atoms with van der Waals surface area (Å²) in [6, 6.07) is 16.8. The van der Waals surface area contributed by atoms with Gasteiger partial charge in [-0.25, -0.2) is 0 Å². The van der Waals surface area contributed by atoms with Gasteiger partial charge in [-0.3, -0.25) is 9.00 Å². The van der Waals surface area contributed by atoms with Gasteiger partial charge in [-0.1, -0.05) is 41.9 Å². The average molecular weight is 431 g/mol. The number of carbonyl (C=O) groups excluding carboxylic acids is 1. The zero-order chi connectivity index (χ0) is 21.0. The van der Waals surface area contributed by atoms with E-state index in [9.17, 15) is 9.00 Å². The van der Waals surface area contributed by atoms with Gasteiger partial charge in [0.15, 0.2) is 0 Å². The van der Waals surface area contributed by atoms with Crippen LogP contribution in [0.2, 0.25) is 5.02 Å². The number of hydrogen-bond acceptors (Lipinski definition) is 4. The molecule has 0 saturated heterocycles. The quantitative estimate of drug-likeness (QED) is 0.574. The first-order chi connectivity index (χ1) is 13.9. The summed E-state index contributed by atoms with van der Waals surface area (Å²) >= 11 is 5.92. The molecule has 0 unspecified atom stereocenters. The molecule has 1 atom stereocenters. The molecule has 2 aromatic carbocycles. The van der Waals surface area contributed by atoms with Crippen LogP contribution in [0.5, 0.6) is 0 Å². The fraction of sp³-hybridized carbons (Fsp3) is 0.286. The molecular formula is C21H23ClN4O2S. The lowest BCUT2D eigenvalue weighted by Crippen LogP contribution is -2.40. The molecule has 0 spiro atoms. The van der Waals surface area contributed by atoms with Crippen LogP contribution >= 0.6 is 11.6 Å². The molecule has 29 heavy (non-hydrogen) atoms. The summed E-state index contributed by atoms with van der Waals surface area (Å²) in [4.78, 5) is 14.5. The van der Waals surface area contributed by atoms with Crippen molar-refractivity contribution in [2.75, 3.05) is 10.7 Å². The van der Waals surface area contributed by atoms with E-state index in [1.54, 1.807) is 16.5 Å². The number of amides is 1. The van der Waals surface area contributed by atoms with Crippen LogP contribution in [0, 0.1) is 0 Å². The average Bonchev–Trinajstić information content (AvgIpc) is 3.04. The van der Waals surface area contributed by atoms with Crippen molar-refractivity contribution in [3.8, 4) is 0 Å². The normalized spacial score (nSPS) is 12.2. The van der Waals surface area contributed by atoms with E-state index in [0.717, 1.165) is 11.3 Å². The molecule has 3 rings (SSSR count). The minimum absolute atomic E-state index is 0.0538. The number of aromatic nitrogens is 3. The van der Waals surface area contributed by atoms with Crippen LogP contribution in [0.15, 0.2) is 59.8 Å². The van der Waals surface area contributed by atoms with E-state index in [0.29, 0.717) is 22.4 Å². The van der Waals surface area contributed by atoms with Crippen LogP contribution in [0.3, 0.4) is 0 Å². The molecule has 0 N–H and O–H groups in total. The van der Waals surface area contributed by atoms with Crippen LogP contribution in [0.4, 0.5) is 5.69 Å². The second-order valence-corrected chi connectivity index (χ2v) is 8.73. The minimum Gasteiger partial charge on any atom is -0.309 e. The van der Waals surface area contributed by atoms with Crippen molar-refractivity contribution in [3.63, 3.8) is 0 Å². The van der Waals surface area contributed by atoms with Crippen molar-refractivity contribution in [3.05, 3.63) is 71.0 Å². The van der Waals surface area contributed by atoms with Crippen LogP contribution in [-0.4, -0.2) is 36.7 Å². The van der Waals surface area contributed by atoms with Gasteiger partial charge in [-0.2, -0.15) is 0 Å². The van der Waals surface area contributed by atoms with Crippen molar-refractivity contribution in [2.45, 2.75) is 31.5 Å². The maximum atomic E-state index is 12.9. The zero-order valence-electron chi connectivity index (χ0n) is 16.6. The number of nitrogens with zero attached hydrogens (tertiary/aromatic N) is 4. The van der Waals surface area contributed by atoms with Crippen LogP contribution in [-0.2, 0) is 29.1 Å². The Balaban J connectivity index is 1.74. The Hall–Kier alpha value is -2.51. The second-order valence-electron chi connectivity index (χ2n) is 6.94. The molecule has 6 nitrogen and oxygen atoms in total. The molecule has 0 saturated carbocycles.